The number of ether oxygens (including phenoxy) is 2. The van der Waals surface area contributed by atoms with Crippen molar-refractivity contribution < 1.29 is 19.4 Å². The number of carbonyl (C=O) groups excluding carboxylic acids is 1. The molecule has 1 aromatic heterocycles. The molecule has 0 saturated heterocycles. The number of aliphatic hydroxyl groups is 1. The van der Waals surface area contributed by atoms with E-state index in [0.29, 0.717) is 18.8 Å². The first-order chi connectivity index (χ1) is 11.2. The fourth-order valence-electron chi connectivity index (χ4n) is 2.23. The van der Waals surface area contributed by atoms with Crippen LogP contribution in [0.25, 0.3) is 11.3 Å². The predicted molar refractivity (Wildman–Crippen MR) is 86.3 cm³/mol. The van der Waals surface area contributed by atoms with Gasteiger partial charge in [0.15, 0.2) is 0 Å². The molecular formula is C17H22N2O4. The first kappa shape index (κ1) is 17.2. The van der Waals surface area contributed by atoms with Gasteiger partial charge in [0, 0.05) is 5.56 Å². The third-order valence-electron chi connectivity index (χ3n) is 3.52. The van der Waals surface area contributed by atoms with Crippen molar-refractivity contribution in [3.8, 4) is 11.3 Å². The Morgan fingerprint density at radius 1 is 1.26 bits per heavy atom. The predicted octanol–water partition coefficient (Wildman–Crippen LogP) is 1.91. The van der Waals surface area contributed by atoms with Gasteiger partial charge in [-0.1, -0.05) is 31.2 Å². The maximum absolute atomic E-state index is 11.9. The maximum atomic E-state index is 11.9. The van der Waals surface area contributed by atoms with Crippen LogP contribution in [0.4, 0.5) is 0 Å². The van der Waals surface area contributed by atoms with E-state index in [1.165, 1.54) is 12.7 Å². The molecule has 124 valence electrons. The third kappa shape index (κ3) is 4.40. The van der Waals surface area contributed by atoms with E-state index in [4.69, 9.17) is 14.6 Å². The van der Waals surface area contributed by atoms with E-state index < -0.39 is 5.97 Å². The number of aryl methyl sites for hydroxylation is 1. The van der Waals surface area contributed by atoms with Crippen molar-refractivity contribution in [1.82, 2.24) is 9.78 Å². The Morgan fingerprint density at radius 2 is 2.00 bits per heavy atom. The van der Waals surface area contributed by atoms with Crippen molar-refractivity contribution in [2.24, 2.45) is 0 Å². The average molecular weight is 318 g/mol. The molecule has 0 saturated carbocycles. The Morgan fingerprint density at radius 3 is 2.61 bits per heavy atom. The zero-order chi connectivity index (χ0) is 16.7. The summed E-state index contributed by atoms with van der Waals surface area (Å²) in [5.41, 5.74) is 3.30. The highest BCUT2D eigenvalue weighted by Crippen LogP contribution is 2.20. The van der Waals surface area contributed by atoms with Gasteiger partial charge in [-0.3, -0.25) is 4.68 Å². The second-order valence-corrected chi connectivity index (χ2v) is 5.02. The summed E-state index contributed by atoms with van der Waals surface area (Å²) in [4.78, 5) is 11.9. The number of esters is 1. The molecule has 0 unspecified atom stereocenters. The first-order valence-electron chi connectivity index (χ1n) is 7.63. The second-order valence-electron chi connectivity index (χ2n) is 5.02. The van der Waals surface area contributed by atoms with Gasteiger partial charge in [0.2, 0.25) is 0 Å². The van der Waals surface area contributed by atoms with Gasteiger partial charge in [0.1, 0.15) is 5.69 Å². The van der Waals surface area contributed by atoms with E-state index in [-0.39, 0.29) is 13.2 Å². The smallest absolute Gasteiger partial charge is 0.356 e. The van der Waals surface area contributed by atoms with Crippen molar-refractivity contribution in [3.63, 3.8) is 0 Å². The van der Waals surface area contributed by atoms with E-state index in [1.807, 2.05) is 12.1 Å². The summed E-state index contributed by atoms with van der Waals surface area (Å²) in [7, 11) is 1.34. The fourth-order valence-corrected chi connectivity index (χ4v) is 2.23. The van der Waals surface area contributed by atoms with Crippen molar-refractivity contribution in [2.75, 3.05) is 26.9 Å². The topological polar surface area (TPSA) is 73.6 Å². The van der Waals surface area contributed by atoms with E-state index in [0.717, 1.165) is 17.7 Å². The highest BCUT2D eigenvalue weighted by Gasteiger charge is 2.16. The number of benzene rings is 1. The van der Waals surface area contributed by atoms with E-state index in [1.54, 1.807) is 10.7 Å². The minimum absolute atomic E-state index is 0.0298. The van der Waals surface area contributed by atoms with Crippen LogP contribution >= 0.6 is 0 Å². The van der Waals surface area contributed by atoms with E-state index >= 15 is 0 Å². The Hall–Kier alpha value is -2.18. The van der Waals surface area contributed by atoms with Crippen LogP contribution in [0, 0.1) is 0 Å². The summed E-state index contributed by atoms with van der Waals surface area (Å²) >= 11 is 0. The lowest BCUT2D eigenvalue weighted by Crippen LogP contribution is -2.15. The Balaban J connectivity index is 2.22. The number of carbonyl (C=O) groups is 1. The number of rotatable bonds is 8. The third-order valence-corrected chi connectivity index (χ3v) is 3.52. The molecule has 0 radical (unpaired) electrons. The number of hydrogen-bond acceptors (Lipinski definition) is 5. The molecule has 0 atom stereocenters. The molecule has 1 N–H and O–H groups in total. The van der Waals surface area contributed by atoms with Crippen LogP contribution in [-0.2, 0) is 22.4 Å². The van der Waals surface area contributed by atoms with Gasteiger partial charge in [-0.2, -0.15) is 5.10 Å². The lowest BCUT2D eigenvalue weighted by Gasteiger charge is -2.06. The zero-order valence-electron chi connectivity index (χ0n) is 13.5. The first-order valence-corrected chi connectivity index (χ1v) is 7.63. The van der Waals surface area contributed by atoms with Crippen LogP contribution < -0.4 is 0 Å². The fraction of sp³-hybridized carbons (Fsp3) is 0.412. The van der Waals surface area contributed by atoms with E-state index in [9.17, 15) is 4.79 Å². The zero-order valence-corrected chi connectivity index (χ0v) is 13.5. The van der Waals surface area contributed by atoms with Crippen LogP contribution in [0.5, 0.6) is 0 Å². The number of nitrogens with zero attached hydrogens (tertiary/aromatic N) is 2. The molecule has 1 heterocycles. The van der Waals surface area contributed by atoms with Crippen LogP contribution in [0.3, 0.4) is 0 Å². The lowest BCUT2D eigenvalue weighted by atomic mass is 10.1. The largest absolute Gasteiger partial charge is 0.464 e. The maximum Gasteiger partial charge on any atom is 0.356 e. The Kier molecular flexibility index (Phi) is 6.31. The van der Waals surface area contributed by atoms with Gasteiger partial charge in [-0.25, -0.2) is 4.79 Å². The summed E-state index contributed by atoms with van der Waals surface area (Å²) in [6.45, 7) is 3.11. The average Bonchev–Trinajstić information content (AvgIpc) is 3.02. The molecule has 6 nitrogen and oxygen atoms in total. The molecule has 0 aliphatic heterocycles. The van der Waals surface area contributed by atoms with Crippen LogP contribution in [-0.4, -0.2) is 47.8 Å². The molecule has 1 aromatic carbocycles. The van der Waals surface area contributed by atoms with Crippen molar-refractivity contribution in [1.29, 1.82) is 0 Å². The quantitative estimate of drug-likeness (QED) is 0.594. The summed E-state index contributed by atoms with van der Waals surface area (Å²) in [5.74, 6) is -0.434. The van der Waals surface area contributed by atoms with Crippen LogP contribution in [0.15, 0.2) is 30.3 Å². The molecule has 23 heavy (non-hydrogen) atoms. The van der Waals surface area contributed by atoms with E-state index in [2.05, 4.69) is 24.2 Å². The van der Waals surface area contributed by atoms with Crippen molar-refractivity contribution >= 4 is 5.97 Å². The lowest BCUT2D eigenvalue weighted by molar-refractivity contribution is 0.0575. The SMILES string of the molecule is CCc1ccc(-c2cc(C(=O)OC)n(CCOCCO)n2)cc1. The molecule has 2 aromatic rings. The second kappa shape index (κ2) is 8.45. The summed E-state index contributed by atoms with van der Waals surface area (Å²) in [5, 5.41) is 13.2. The Labute approximate surface area is 135 Å². The molecule has 0 aliphatic rings. The monoisotopic (exact) mass is 318 g/mol. The summed E-state index contributed by atoms with van der Waals surface area (Å²) in [6.07, 6.45) is 0.977. The van der Waals surface area contributed by atoms with Gasteiger partial charge < -0.3 is 14.6 Å². The summed E-state index contributed by atoms with van der Waals surface area (Å²) in [6, 6.07) is 9.82. The molecule has 6 heteroatoms. The van der Waals surface area contributed by atoms with Crippen molar-refractivity contribution in [3.05, 3.63) is 41.6 Å². The van der Waals surface area contributed by atoms with Crippen molar-refractivity contribution in [2.45, 2.75) is 19.9 Å². The molecule has 0 fully saturated rings. The molecular weight excluding hydrogens is 296 g/mol. The molecule has 0 amide bonds. The van der Waals surface area contributed by atoms with Gasteiger partial charge in [-0.05, 0) is 18.1 Å². The van der Waals surface area contributed by atoms with Gasteiger partial charge >= 0.3 is 5.97 Å². The number of aromatic nitrogens is 2. The minimum Gasteiger partial charge on any atom is -0.464 e. The number of aliphatic hydroxyl groups excluding tert-OH is 1. The van der Waals surface area contributed by atoms with Gasteiger partial charge in [-0.15, -0.1) is 0 Å². The highest BCUT2D eigenvalue weighted by atomic mass is 16.5. The number of methoxy groups -OCH3 is 1. The highest BCUT2D eigenvalue weighted by molar-refractivity contribution is 5.89. The molecule has 0 spiro atoms. The molecule has 2 rings (SSSR count). The number of hydrogen-bond donors (Lipinski definition) is 1. The Bertz CT molecular complexity index is 635. The van der Waals surface area contributed by atoms with Gasteiger partial charge in [0.25, 0.3) is 0 Å². The minimum atomic E-state index is -0.434. The molecule has 0 bridgehead atoms. The normalized spacial score (nSPS) is 10.7. The molecule has 0 aliphatic carbocycles. The van der Waals surface area contributed by atoms with Crippen LogP contribution in [0.2, 0.25) is 0 Å². The van der Waals surface area contributed by atoms with Crippen LogP contribution in [0.1, 0.15) is 23.0 Å². The standard InChI is InChI=1S/C17H22N2O4/c1-3-13-4-6-14(7-5-13)15-12-16(17(21)22-2)19(18-15)8-10-23-11-9-20/h4-7,12,20H,3,8-11H2,1-2H3. The van der Waals surface area contributed by atoms with Gasteiger partial charge in [0.05, 0.1) is 39.2 Å². The summed E-state index contributed by atoms with van der Waals surface area (Å²) < 4.78 is 11.6.